The highest BCUT2D eigenvalue weighted by atomic mass is 127. The summed E-state index contributed by atoms with van der Waals surface area (Å²) >= 11 is 2.05. The molecular formula is C13H18IN3O4S. The molecule has 7 nitrogen and oxygen atoms in total. The lowest BCUT2D eigenvalue weighted by atomic mass is 10.0. The molecule has 1 heterocycles. The van der Waals surface area contributed by atoms with Gasteiger partial charge in [0.05, 0.1) is 12.3 Å². The Morgan fingerprint density at radius 1 is 1.36 bits per heavy atom. The van der Waals surface area contributed by atoms with Crippen molar-refractivity contribution in [3.63, 3.8) is 0 Å². The van der Waals surface area contributed by atoms with E-state index in [-0.39, 0.29) is 12.6 Å². The molecular weight excluding hydrogens is 421 g/mol. The van der Waals surface area contributed by atoms with Crippen molar-refractivity contribution in [2.45, 2.75) is 25.3 Å². The first-order valence-electron chi connectivity index (χ1n) is 6.80. The van der Waals surface area contributed by atoms with Crippen LogP contribution in [0.15, 0.2) is 24.3 Å². The van der Waals surface area contributed by atoms with Crippen LogP contribution in [0, 0.1) is 9.49 Å². The van der Waals surface area contributed by atoms with E-state index in [0.29, 0.717) is 5.69 Å². The van der Waals surface area contributed by atoms with E-state index in [4.69, 9.17) is 4.74 Å². The Hall–Kier alpha value is -0.910. The van der Waals surface area contributed by atoms with Crippen LogP contribution in [0.25, 0.3) is 0 Å². The molecule has 1 aliphatic heterocycles. The van der Waals surface area contributed by atoms with Crippen molar-refractivity contribution in [1.29, 1.82) is 0 Å². The topological polar surface area (TPSA) is 96.5 Å². The highest BCUT2D eigenvalue weighted by Gasteiger charge is 2.47. The second kappa shape index (κ2) is 7.11. The summed E-state index contributed by atoms with van der Waals surface area (Å²) < 4.78 is 33.5. The van der Waals surface area contributed by atoms with E-state index in [1.54, 1.807) is 32.0 Å². The van der Waals surface area contributed by atoms with E-state index in [0.717, 1.165) is 3.57 Å². The van der Waals surface area contributed by atoms with Crippen LogP contribution in [0.2, 0.25) is 0 Å². The van der Waals surface area contributed by atoms with Gasteiger partial charge in [0, 0.05) is 9.61 Å². The van der Waals surface area contributed by atoms with Gasteiger partial charge in [0.1, 0.15) is 5.92 Å². The smallest absolute Gasteiger partial charge is 0.313 e. The van der Waals surface area contributed by atoms with E-state index in [9.17, 15) is 13.2 Å². The van der Waals surface area contributed by atoms with Crippen LogP contribution in [0.5, 0.6) is 0 Å². The van der Waals surface area contributed by atoms with Gasteiger partial charge in [-0.3, -0.25) is 14.9 Å². The minimum absolute atomic E-state index is 0.207. The lowest BCUT2D eigenvalue weighted by molar-refractivity contribution is -0.148. The molecule has 1 aromatic carbocycles. The van der Waals surface area contributed by atoms with Crippen LogP contribution in [0.3, 0.4) is 0 Å². The number of nitrogens with one attached hydrogen (secondary N) is 3. The summed E-state index contributed by atoms with van der Waals surface area (Å²) in [6.07, 6.45) is 0. The third-order valence-electron chi connectivity index (χ3n) is 3.34. The average molecular weight is 439 g/mol. The summed E-state index contributed by atoms with van der Waals surface area (Å²) in [4.78, 5) is 12.0. The molecule has 3 atom stereocenters. The van der Waals surface area contributed by atoms with Crippen molar-refractivity contribution in [1.82, 2.24) is 10.9 Å². The molecule has 9 heteroatoms. The van der Waals surface area contributed by atoms with Crippen LogP contribution >= 0.6 is 22.6 Å². The highest BCUT2D eigenvalue weighted by molar-refractivity contribution is 14.1. The van der Waals surface area contributed by atoms with Crippen molar-refractivity contribution in [3.05, 3.63) is 27.8 Å². The van der Waals surface area contributed by atoms with Crippen molar-refractivity contribution in [2.75, 3.05) is 11.3 Å². The third-order valence-corrected chi connectivity index (χ3v) is 5.86. The van der Waals surface area contributed by atoms with E-state index in [2.05, 4.69) is 15.6 Å². The number of esters is 1. The quantitative estimate of drug-likeness (QED) is 0.469. The molecule has 0 bridgehead atoms. The Morgan fingerprint density at radius 3 is 2.68 bits per heavy atom. The van der Waals surface area contributed by atoms with Gasteiger partial charge in [0.15, 0.2) is 5.37 Å². The SMILES string of the molecule is CCOC(=O)C1C(C)NNC1S(=O)(=O)Nc1ccccc1I. The summed E-state index contributed by atoms with van der Waals surface area (Å²) in [5.41, 5.74) is 5.94. The van der Waals surface area contributed by atoms with Gasteiger partial charge in [0.25, 0.3) is 10.0 Å². The molecule has 0 amide bonds. The normalized spacial score (nSPS) is 25.0. The van der Waals surface area contributed by atoms with Crippen LogP contribution in [-0.4, -0.2) is 32.4 Å². The minimum Gasteiger partial charge on any atom is -0.466 e. The van der Waals surface area contributed by atoms with Gasteiger partial charge in [-0.05, 0) is 48.6 Å². The molecule has 1 fully saturated rings. The summed E-state index contributed by atoms with van der Waals surface area (Å²) in [6, 6.07) is 6.68. The standard InChI is InChI=1S/C13H18IN3O4S/c1-3-21-13(18)11-8(2)15-16-12(11)22(19,20)17-10-7-5-4-6-9(10)14/h4-8,11-12,15-17H,3H2,1-2H3. The van der Waals surface area contributed by atoms with Crippen LogP contribution < -0.4 is 15.6 Å². The van der Waals surface area contributed by atoms with E-state index in [1.165, 1.54) is 0 Å². The van der Waals surface area contributed by atoms with Gasteiger partial charge in [-0.15, -0.1) is 0 Å². The number of carbonyl (C=O) groups is 1. The maximum Gasteiger partial charge on any atom is 0.313 e. The predicted octanol–water partition coefficient (Wildman–Crippen LogP) is 1.03. The Bertz CT molecular complexity index is 652. The minimum atomic E-state index is -3.81. The molecule has 2 rings (SSSR count). The number of halogens is 1. The molecule has 0 spiro atoms. The molecule has 3 N–H and O–H groups in total. The Kier molecular flexibility index (Phi) is 5.64. The van der Waals surface area contributed by atoms with Crippen molar-refractivity contribution in [2.24, 2.45) is 5.92 Å². The molecule has 0 aromatic heterocycles. The molecule has 0 radical (unpaired) electrons. The lowest BCUT2D eigenvalue weighted by Crippen LogP contribution is -2.44. The number of anilines is 1. The molecule has 1 saturated heterocycles. The zero-order valence-electron chi connectivity index (χ0n) is 12.2. The van der Waals surface area contributed by atoms with Crippen LogP contribution in [-0.2, 0) is 19.6 Å². The number of hydrogen-bond donors (Lipinski definition) is 3. The van der Waals surface area contributed by atoms with Gasteiger partial charge in [0.2, 0.25) is 0 Å². The first kappa shape index (κ1) is 17.4. The van der Waals surface area contributed by atoms with Gasteiger partial charge in [-0.2, -0.15) is 0 Å². The van der Waals surface area contributed by atoms with Gasteiger partial charge < -0.3 is 4.74 Å². The number of benzene rings is 1. The third kappa shape index (κ3) is 3.70. The van der Waals surface area contributed by atoms with E-state index in [1.807, 2.05) is 28.7 Å². The molecule has 0 saturated carbocycles. The first-order valence-corrected chi connectivity index (χ1v) is 9.43. The second-order valence-electron chi connectivity index (χ2n) is 4.90. The lowest BCUT2D eigenvalue weighted by Gasteiger charge is -2.20. The number of para-hydroxylation sites is 1. The fraction of sp³-hybridized carbons (Fsp3) is 0.462. The van der Waals surface area contributed by atoms with E-state index >= 15 is 0 Å². The fourth-order valence-electron chi connectivity index (χ4n) is 2.25. The average Bonchev–Trinajstić information content (AvgIpc) is 2.84. The van der Waals surface area contributed by atoms with E-state index < -0.39 is 27.3 Å². The highest BCUT2D eigenvalue weighted by Crippen LogP contribution is 2.25. The summed E-state index contributed by atoms with van der Waals surface area (Å²) in [7, 11) is -3.81. The number of rotatable bonds is 5. The predicted molar refractivity (Wildman–Crippen MR) is 91.3 cm³/mol. The number of sulfonamides is 1. The zero-order chi connectivity index (χ0) is 16.3. The summed E-state index contributed by atoms with van der Waals surface area (Å²) in [5, 5.41) is -1.10. The van der Waals surface area contributed by atoms with Crippen LogP contribution in [0.4, 0.5) is 5.69 Å². The first-order chi connectivity index (χ1) is 10.4. The molecule has 0 aliphatic carbocycles. The largest absolute Gasteiger partial charge is 0.466 e. The van der Waals surface area contributed by atoms with Crippen molar-refractivity contribution in [3.8, 4) is 0 Å². The maximum atomic E-state index is 12.6. The van der Waals surface area contributed by atoms with Crippen molar-refractivity contribution >= 4 is 44.3 Å². The van der Waals surface area contributed by atoms with Gasteiger partial charge in [-0.25, -0.2) is 13.8 Å². The van der Waals surface area contributed by atoms with Crippen LogP contribution in [0.1, 0.15) is 13.8 Å². The Morgan fingerprint density at radius 2 is 2.05 bits per heavy atom. The molecule has 3 unspecified atom stereocenters. The molecule has 1 aromatic rings. The molecule has 22 heavy (non-hydrogen) atoms. The fourth-order valence-corrected chi connectivity index (χ4v) is 4.53. The van der Waals surface area contributed by atoms with Gasteiger partial charge in [-0.1, -0.05) is 12.1 Å². The number of carbonyl (C=O) groups excluding carboxylic acids is 1. The molecule has 122 valence electrons. The number of hydrogen-bond acceptors (Lipinski definition) is 6. The summed E-state index contributed by atoms with van der Waals surface area (Å²) in [6.45, 7) is 3.63. The Balaban J connectivity index is 2.24. The monoisotopic (exact) mass is 439 g/mol. The Labute approximate surface area is 143 Å². The molecule has 1 aliphatic rings. The maximum absolute atomic E-state index is 12.6. The van der Waals surface area contributed by atoms with Gasteiger partial charge >= 0.3 is 5.97 Å². The second-order valence-corrected chi connectivity index (χ2v) is 7.87. The number of hydrazine groups is 1. The summed E-state index contributed by atoms with van der Waals surface area (Å²) in [5.74, 6) is -1.36. The van der Waals surface area contributed by atoms with Crippen molar-refractivity contribution < 1.29 is 17.9 Å². The zero-order valence-corrected chi connectivity index (χ0v) is 15.1. The number of ether oxygens (including phenoxy) is 1.